The zero-order valence-corrected chi connectivity index (χ0v) is 15.8. The molecule has 1 aromatic carbocycles. The van der Waals surface area contributed by atoms with Crippen LogP contribution in [0.25, 0.3) is 6.08 Å². The molecule has 0 unspecified atom stereocenters. The molecule has 0 aliphatic carbocycles. The molecule has 1 rings (SSSR count). The van der Waals surface area contributed by atoms with Crippen LogP contribution in [0.4, 0.5) is 0 Å². The molecular formula is C14H15BrNO5PS. The molecule has 9 heteroatoms. The van der Waals surface area contributed by atoms with Gasteiger partial charge in [0.25, 0.3) is 0 Å². The summed E-state index contributed by atoms with van der Waals surface area (Å²) in [4.78, 5) is 23.7. The quantitative estimate of drug-likeness (QED) is 0.380. The molecule has 0 fully saturated rings. The van der Waals surface area contributed by atoms with Crippen molar-refractivity contribution in [2.75, 3.05) is 20.7 Å². The second-order valence-corrected chi connectivity index (χ2v) is 7.18. The summed E-state index contributed by atoms with van der Waals surface area (Å²) in [6.45, 7) is -0.214. The number of halogens is 1. The third-order valence-electron chi connectivity index (χ3n) is 2.64. The highest BCUT2D eigenvalue weighted by molar-refractivity contribution is 9.10. The van der Waals surface area contributed by atoms with Gasteiger partial charge in [-0.3, -0.25) is 14.5 Å². The molecule has 0 bridgehead atoms. The van der Waals surface area contributed by atoms with E-state index in [1.165, 1.54) is 18.1 Å². The van der Waals surface area contributed by atoms with Gasteiger partial charge in [-0.1, -0.05) is 36.6 Å². The number of rotatable bonds is 8. The molecule has 0 heterocycles. The molecule has 2 N–H and O–H groups in total. The highest BCUT2D eigenvalue weighted by Crippen LogP contribution is 2.35. The number of phenols is 1. The normalized spacial score (nSPS) is 11.4. The van der Waals surface area contributed by atoms with E-state index >= 15 is 0 Å². The van der Waals surface area contributed by atoms with Crippen molar-refractivity contribution in [2.24, 2.45) is 0 Å². The number of carbonyl (C=O) groups excluding carboxylic acids is 1. The fourth-order valence-corrected chi connectivity index (χ4v) is 3.13. The van der Waals surface area contributed by atoms with Gasteiger partial charge >= 0.3 is 5.97 Å². The smallest absolute Gasteiger partial charge is 0.318 e. The fourth-order valence-electron chi connectivity index (χ4n) is 1.57. The predicted molar refractivity (Wildman–Crippen MR) is 97.6 cm³/mol. The Morgan fingerprint density at radius 2 is 2.17 bits per heavy atom. The first kappa shape index (κ1) is 19.7. The molecule has 0 aliphatic rings. The van der Waals surface area contributed by atoms with Gasteiger partial charge in [0.1, 0.15) is 6.54 Å². The van der Waals surface area contributed by atoms with Crippen LogP contribution < -0.4 is 4.74 Å². The summed E-state index contributed by atoms with van der Waals surface area (Å²) >= 11 is 4.33. The number of benzene rings is 1. The second-order valence-electron chi connectivity index (χ2n) is 4.37. The number of aromatic hydroxyl groups is 1. The Morgan fingerprint density at radius 3 is 2.70 bits per heavy atom. The van der Waals surface area contributed by atoms with Crippen LogP contribution in [-0.2, 0) is 9.59 Å². The van der Waals surface area contributed by atoms with E-state index in [0.29, 0.717) is 21.1 Å². The molecule has 6 nitrogen and oxygen atoms in total. The summed E-state index contributed by atoms with van der Waals surface area (Å²) in [5.41, 5.74) is 0.395. The van der Waals surface area contributed by atoms with E-state index in [2.05, 4.69) is 24.8 Å². The number of methoxy groups -OCH3 is 1. The van der Waals surface area contributed by atoms with Gasteiger partial charge in [0.15, 0.2) is 17.8 Å². The molecule has 0 saturated heterocycles. The summed E-state index contributed by atoms with van der Waals surface area (Å²) in [6, 6.07) is 3.24. The monoisotopic (exact) mass is 419 g/mol. The summed E-state index contributed by atoms with van der Waals surface area (Å²) in [5, 5.41) is 18.9. The first-order valence-electron chi connectivity index (χ1n) is 6.21. The molecule has 23 heavy (non-hydrogen) atoms. The van der Waals surface area contributed by atoms with Gasteiger partial charge < -0.3 is 14.9 Å². The number of aliphatic carboxylic acids is 1. The lowest BCUT2D eigenvalue weighted by molar-refractivity contribution is -0.137. The minimum Gasteiger partial charge on any atom is -0.504 e. The molecule has 0 spiro atoms. The number of ether oxygens (including phenoxy) is 1. The van der Waals surface area contributed by atoms with Crippen molar-refractivity contribution in [3.05, 3.63) is 27.1 Å². The first-order valence-corrected chi connectivity index (χ1v) is 8.32. The predicted octanol–water partition coefficient (Wildman–Crippen LogP) is 2.68. The number of hydrogen-bond acceptors (Lipinski definition) is 5. The van der Waals surface area contributed by atoms with Gasteiger partial charge in [-0.05, 0) is 25.3 Å². The lowest BCUT2D eigenvalue weighted by Gasteiger charge is -2.15. The standard InChI is InChI=1S/C14H15BrNO5PS/c1-16(6-12(18)19)14(22)23-10(7-17)4-8-3-9(15)5-11(21-2)13(8)20/h3-5,7,20,22H,6H2,1-2H3,(H,18,19)/b10-4-. The maximum atomic E-state index is 11.3. The van der Waals surface area contributed by atoms with Gasteiger partial charge in [-0.2, -0.15) is 0 Å². The van der Waals surface area contributed by atoms with E-state index < -0.39 is 5.97 Å². The van der Waals surface area contributed by atoms with E-state index in [1.54, 1.807) is 19.2 Å². The minimum absolute atomic E-state index is 0.0925. The molecule has 0 amide bonds. The number of carboxylic acids is 1. The van der Waals surface area contributed by atoms with Crippen LogP contribution in [-0.4, -0.2) is 52.8 Å². The number of hydrogen-bond donors (Lipinski definition) is 2. The number of allylic oxidation sites excluding steroid dienone is 1. The number of carbonyl (C=O) groups is 2. The Kier molecular flexibility index (Phi) is 7.78. The van der Waals surface area contributed by atoms with Gasteiger partial charge in [0.2, 0.25) is 0 Å². The van der Waals surface area contributed by atoms with E-state index in [-0.39, 0.29) is 22.9 Å². The molecular weight excluding hydrogens is 405 g/mol. The maximum Gasteiger partial charge on any atom is 0.318 e. The zero-order valence-electron chi connectivity index (χ0n) is 12.4. The Labute approximate surface area is 148 Å². The number of likely N-dealkylation sites (N-methyl/N-ethyl adjacent to an activating group) is 1. The summed E-state index contributed by atoms with van der Waals surface area (Å²) in [6.07, 6.45) is 2.10. The average molecular weight is 420 g/mol. The lowest BCUT2D eigenvalue weighted by atomic mass is 10.1. The van der Waals surface area contributed by atoms with Crippen molar-refractivity contribution in [1.29, 1.82) is 0 Å². The Bertz CT molecular complexity index is 665. The van der Waals surface area contributed by atoms with E-state index in [1.807, 2.05) is 0 Å². The third kappa shape index (κ3) is 5.99. The Hall–Kier alpha value is -1.34. The van der Waals surface area contributed by atoms with Crippen LogP contribution in [0, 0.1) is 0 Å². The van der Waals surface area contributed by atoms with Crippen LogP contribution in [0.2, 0.25) is 0 Å². The fraction of sp³-hybridized carbons (Fsp3) is 0.214. The molecule has 124 valence electrons. The number of carboxylic acid groups (broad SMARTS) is 1. The number of aldehydes is 1. The molecule has 0 radical (unpaired) electrons. The average Bonchev–Trinajstić information content (AvgIpc) is 2.48. The maximum absolute atomic E-state index is 11.3. The van der Waals surface area contributed by atoms with E-state index in [9.17, 15) is 14.7 Å². The van der Waals surface area contributed by atoms with E-state index in [0.717, 1.165) is 11.8 Å². The van der Waals surface area contributed by atoms with Crippen LogP contribution in [0.5, 0.6) is 11.5 Å². The Morgan fingerprint density at radius 1 is 1.52 bits per heavy atom. The van der Waals surface area contributed by atoms with Gasteiger partial charge in [0.05, 0.1) is 16.8 Å². The zero-order chi connectivity index (χ0) is 17.6. The summed E-state index contributed by atoms with van der Waals surface area (Å²) in [7, 11) is 6.29. The summed E-state index contributed by atoms with van der Waals surface area (Å²) < 4.78 is 6.18. The van der Waals surface area contributed by atoms with Crippen LogP contribution in [0.1, 0.15) is 5.56 Å². The lowest BCUT2D eigenvalue weighted by Crippen LogP contribution is -2.28. The third-order valence-corrected chi connectivity index (χ3v) is 4.74. The number of phenolic OH excluding ortho intramolecular Hbond substituents is 1. The SMILES string of the molecule is COc1cc(Br)cc(/C=C(/C=O)SC(=P)N(C)CC(=O)O)c1O. The number of thioether (sulfide) groups is 1. The van der Waals surface area contributed by atoms with Crippen molar-refractivity contribution < 1.29 is 24.5 Å². The topological polar surface area (TPSA) is 87.1 Å². The molecule has 1 aromatic rings. The van der Waals surface area contributed by atoms with Crippen LogP contribution in [0.15, 0.2) is 21.5 Å². The van der Waals surface area contributed by atoms with Crippen molar-refractivity contribution in [2.45, 2.75) is 0 Å². The first-order chi connectivity index (χ1) is 10.8. The van der Waals surface area contributed by atoms with Crippen molar-refractivity contribution in [3.8, 4) is 11.5 Å². The molecule has 0 atom stereocenters. The van der Waals surface area contributed by atoms with Gasteiger partial charge in [-0.15, -0.1) is 0 Å². The highest BCUT2D eigenvalue weighted by Gasteiger charge is 2.13. The van der Waals surface area contributed by atoms with Gasteiger partial charge in [-0.25, -0.2) is 0 Å². The second kappa shape index (κ2) is 9.08. The largest absolute Gasteiger partial charge is 0.504 e. The van der Waals surface area contributed by atoms with E-state index in [4.69, 9.17) is 9.84 Å². The summed E-state index contributed by atoms with van der Waals surface area (Å²) in [5.74, 6) is -0.814. The van der Waals surface area contributed by atoms with Crippen molar-refractivity contribution in [1.82, 2.24) is 4.90 Å². The van der Waals surface area contributed by atoms with Crippen LogP contribution >= 0.6 is 36.6 Å². The molecule has 0 saturated carbocycles. The molecule has 0 aliphatic heterocycles. The van der Waals surface area contributed by atoms with Crippen molar-refractivity contribution in [3.63, 3.8) is 0 Å². The minimum atomic E-state index is -0.991. The van der Waals surface area contributed by atoms with Gasteiger partial charge in [0, 0.05) is 10.0 Å². The van der Waals surface area contributed by atoms with Crippen molar-refractivity contribution >= 4 is 59.6 Å². The Balaban J connectivity index is 3.04. The van der Waals surface area contributed by atoms with Crippen LogP contribution in [0.3, 0.4) is 0 Å². The highest BCUT2D eigenvalue weighted by atomic mass is 79.9. The molecule has 0 aromatic heterocycles. The number of nitrogens with zero attached hydrogens (tertiary/aromatic N) is 1.